The second-order valence-electron chi connectivity index (χ2n) is 4.23. The third-order valence-electron chi connectivity index (χ3n) is 2.83. The Morgan fingerprint density at radius 1 is 1.40 bits per heavy atom. The van der Waals surface area contributed by atoms with E-state index >= 15 is 0 Å². The first-order valence-electron chi connectivity index (χ1n) is 5.26. The van der Waals surface area contributed by atoms with Crippen molar-refractivity contribution in [3.63, 3.8) is 0 Å². The number of nitrogens with zero attached hydrogens (tertiary/aromatic N) is 1. The molecule has 0 aliphatic heterocycles. The molecule has 0 spiro atoms. The standard InChI is InChI=1S/C12H15Cl2N/c1-15(8-9-2-3-9)12-5-4-11(14)6-10(12)7-13/h4-6,9H,2-3,7-8H2,1H3. The average Bonchev–Trinajstić information content (AvgIpc) is 3.01. The van der Waals surface area contributed by atoms with Gasteiger partial charge in [0.2, 0.25) is 0 Å². The fraction of sp³-hybridized carbons (Fsp3) is 0.500. The second kappa shape index (κ2) is 4.63. The van der Waals surface area contributed by atoms with Gasteiger partial charge < -0.3 is 4.90 Å². The van der Waals surface area contributed by atoms with E-state index in [4.69, 9.17) is 23.2 Å². The Balaban J connectivity index is 2.17. The summed E-state index contributed by atoms with van der Waals surface area (Å²) in [5.41, 5.74) is 2.33. The summed E-state index contributed by atoms with van der Waals surface area (Å²) in [7, 11) is 2.12. The fourth-order valence-corrected chi connectivity index (χ4v) is 2.23. The minimum atomic E-state index is 0.519. The van der Waals surface area contributed by atoms with Crippen molar-refractivity contribution in [3.05, 3.63) is 28.8 Å². The summed E-state index contributed by atoms with van der Waals surface area (Å²) in [6.45, 7) is 1.13. The minimum absolute atomic E-state index is 0.519. The number of alkyl halides is 1. The molecule has 82 valence electrons. The van der Waals surface area contributed by atoms with Gasteiger partial charge in [-0.15, -0.1) is 11.6 Å². The normalized spacial score (nSPS) is 15.4. The summed E-state index contributed by atoms with van der Waals surface area (Å²) in [5.74, 6) is 1.40. The van der Waals surface area contributed by atoms with E-state index < -0.39 is 0 Å². The molecule has 0 heterocycles. The molecule has 0 atom stereocenters. The van der Waals surface area contributed by atoms with E-state index in [9.17, 15) is 0 Å². The third-order valence-corrected chi connectivity index (χ3v) is 3.35. The van der Waals surface area contributed by atoms with Crippen LogP contribution in [0.5, 0.6) is 0 Å². The highest BCUT2D eigenvalue weighted by molar-refractivity contribution is 6.30. The zero-order valence-electron chi connectivity index (χ0n) is 8.84. The van der Waals surface area contributed by atoms with E-state index in [0.717, 1.165) is 23.0 Å². The predicted molar refractivity (Wildman–Crippen MR) is 67.0 cm³/mol. The fourth-order valence-electron chi connectivity index (χ4n) is 1.82. The van der Waals surface area contributed by atoms with Crippen LogP contribution in [-0.2, 0) is 5.88 Å². The summed E-state index contributed by atoms with van der Waals surface area (Å²) in [4.78, 5) is 2.28. The lowest BCUT2D eigenvalue weighted by Gasteiger charge is -2.21. The van der Waals surface area contributed by atoms with Crippen LogP contribution in [0.25, 0.3) is 0 Å². The van der Waals surface area contributed by atoms with E-state index in [1.54, 1.807) is 0 Å². The molecule has 1 fully saturated rings. The van der Waals surface area contributed by atoms with Crippen LogP contribution in [0.3, 0.4) is 0 Å². The van der Waals surface area contributed by atoms with Crippen molar-refractivity contribution in [2.75, 3.05) is 18.5 Å². The summed E-state index contributed by atoms with van der Waals surface area (Å²) in [6.07, 6.45) is 2.74. The predicted octanol–water partition coefficient (Wildman–Crippen LogP) is 3.93. The maximum atomic E-state index is 5.94. The first kappa shape index (κ1) is 11.1. The maximum absolute atomic E-state index is 5.94. The molecule has 2 rings (SSSR count). The molecule has 1 nitrogen and oxygen atoms in total. The smallest absolute Gasteiger partial charge is 0.0495 e. The summed E-state index contributed by atoms with van der Waals surface area (Å²) in [6, 6.07) is 5.94. The number of hydrogen-bond acceptors (Lipinski definition) is 1. The Bertz CT molecular complexity index is 347. The number of anilines is 1. The molecule has 0 aromatic heterocycles. The Hall–Kier alpha value is -0.400. The van der Waals surface area contributed by atoms with E-state index in [1.165, 1.54) is 18.5 Å². The van der Waals surface area contributed by atoms with Gasteiger partial charge in [-0.05, 0) is 42.5 Å². The first-order valence-corrected chi connectivity index (χ1v) is 6.17. The van der Waals surface area contributed by atoms with Gasteiger partial charge in [0, 0.05) is 30.2 Å². The zero-order chi connectivity index (χ0) is 10.8. The summed E-state index contributed by atoms with van der Waals surface area (Å²) in [5, 5.41) is 0.759. The number of hydrogen-bond donors (Lipinski definition) is 0. The van der Waals surface area contributed by atoms with Gasteiger partial charge in [0.05, 0.1) is 0 Å². The molecule has 0 radical (unpaired) electrons. The van der Waals surface area contributed by atoms with E-state index in [0.29, 0.717) is 5.88 Å². The van der Waals surface area contributed by atoms with Crippen LogP contribution in [0.15, 0.2) is 18.2 Å². The van der Waals surface area contributed by atoms with Gasteiger partial charge in [-0.3, -0.25) is 0 Å². The van der Waals surface area contributed by atoms with Gasteiger partial charge in [0.25, 0.3) is 0 Å². The first-order chi connectivity index (χ1) is 7.20. The largest absolute Gasteiger partial charge is 0.374 e. The zero-order valence-corrected chi connectivity index (χ0v) is 10.4. The number of benzene rings is 1. The van der Waals surface area contributed by atoms with Crippen LogP contribution in [0, 0.1) is 5.92 Å². The Morgan fingerprint density at radius 3 is 2.73 bits per heavy atom. The summed E-state index contributed by atoms with van der Waals surface area (Å²) >= 11 is 11.9. The molecule has 0 saturated heterocycles. The highest BCUT2D eigenvalue weighted by atomic mass is 35.5. The van der Waals surface area contributed by atoms with E-state index in [-0.39, 0.29) is 0 Å². The highest BCUT2D eigenvalue weighted by Crippen LogP contribution is 2.32. The van der Waals surface area contributed by atoms with Crippen LogP contribution in [0.2, 0.25) is 5.02 Å². The Morgan fingerprint density at radius 2 is 2.13 bits per heavy atom. The SMILES string of the molecule is CN(CC1CC1)c1ccc(Cl)cc1CCl. The van der Waals surface area contributed by atoms with Gasteiger partial charge in [0.1, 0.15) is 0 Å². The summed E-state index contributed by atoms with van der Waals surface area (Å²) < 4.78 is 0. The van der Waals surface area contributed by atoms with Crippen molar-refractivity contribution < 1.29 is 0 Å². The second-order valence-corrected chi connectivity index (χ2v) is 4.93. The van der Waals surface area contributed by atoms with Crippen LogP contribution >= 0.6 is 23.2 Å². The van der Waals surface area contributed by atoms with Crippen molar-refractivity contribution in [1.29, 1.82) is 0 Å². The van der Waals surface area contributed by atoms with Crippen LogP contribution < -0.4 is 4.90 Å². The molecule has 1 aromatic rings. The number of rotatable bonds is 4. The number of halogens is 2. The molecule has 1 saturated carbocycles. The molecule has 1 aliphatic rings. The van der Waals surface area contributed by atoms with Gasteiger partial charge in [0.15, 0.2) is 0 Å². The van der Waals surface area contributed by atoms with Gasteiger partial charge in [-0.2, -0.15) is 0 Å². The minimum Gasteiger partial charge on any atom is -0.374 e. The Kier molecular flexibility index (Phi) is 3.42. The lowest BCUT2D eigenvalue weighted by atomic mass is 10.2. The van der Waals surface area contributed by atoms with Gasteiger partial charge in [-0.25, -0.2) is 0 Å². The van der Waals surface area contributed by atoms with E-state index in [2.05, 4.69) is 18.0 Å². The van der Waals surface area contributed by atoms with Crippen LogP contribution in [0.1, 0.15) is 18.4 Å². The van der Waals surface area contributed by atoms with Gasteiger partial charge >= 0.3 is 0 Å². The lowest BCUT2D eigenvalue weighted by molar-refractivity contribution is 0.785. The van der Waals surface area contributed by atoms with Crippen LogP contribution in [0.4, 0.5) is 5.69 Å². The molecule has 1 aromatic carbocycles. The lowest BCUT2D eigenvalue weighted by Crippen LogP contribution is -2.21. The topological polar surface area (TPSA) is 3.24 Å². The highest BCUT2D eigenvalue weighted by Gasteiger charge is 2.23. The average molecular weight is 244 g/mol. The van der Waals surface area contributed by atoms with Crippen molar-refractivity contribution in [2.24, 2.45) is 5.92 Å². The van der Waals surface area contributed by atoms with E-state index in [1.807, 2.05) is 12.1 Å². The third kappa shape index (κ3) is 2.79. The van der Waals surface area contributed by atoms with Gasteiger partial charge in [-0.1, -0.05) is 11.6 Å². The molecule has 0 N–H and O–H groups in total. The molecule has 15 heavy (non-hydrogen) atoms. The van der Waals surface area contributed by atoms with Crippen molar-refractivity contribution in [2.45, 2.75) is 18.7 Å². The Labute approximate surface area is 101 Å². The molecular formula is C12H15Cl2N. The van der Waals surface area contributed by atoms with Crippen molar-refractivity contribution in [1.82, 2.24) is 0 Å². The molecule has 1 aliphatic carbocycles. The molecule has 3 heteroatoms. The monoisotopic (exact) mass is 243 g/mol. The van der Waals surface area contributed by atoms with Crippen molar-refractivity contribution in [3.8, 4) is 0 Å². The molecule has 0 unspecified atom stereocenters. The molecule has 0 bridgehead atoms. The quantitative estimate of drug-likeness (QED) is 0.725. The molecular weight excluding hydrogens is 229 g/mol. The van der Waals surface area contributed by atoms with Crippen LogP contribution in [-0.4, -0.2) is 13.6 Å². The maximum Gasteiger partial charge on any atom is 0.0495 e. The molecule has 0 amide bonds. The van der Waals surface area contributed by atoms with Crippen molar-refractivity contribution >= 4 is 28.9 Å².